The molecule has 1 aliphatic rings. The summed E-state index contributed by atoms with van der Waals surface area (Å²) in [6, 6.07) is 10.3. The number of halogens is 2. The van der Waals surface area contributed by atoms with Crippen LogP contribution in [0, 0.1) is 11.6 Å². The SMILES string of the molecule is COc1ccc2c(c1)CN(C(=O)c1cc(-c3ccc(F)cc3F)on1)CC2c1cnn(C)c1. The van der Waals surface area contributed by atoms with Crippen molar-refractivity contribution in [2.24, 2.45) is 7.05 Å². The van der Waals surface area contributed by atoms with Crippen LogP contribution in [-0.2, 0) is 13.6 Å². The smallest absolute Gasteiger partial charge is 0.276 e. The van der Waals surface area contributed by atoms with E-state index in [1.165, 1.54) is 12.1 Å². The molecule has 168 valence electrons. The van der Waals surface area contributed by atoms with E-state index in [9.17, 15) is 13.6 Å². The molecule has 3 heterocycles. The average molecular weight is 450 g/mol. The lowest BCUT2D eigenvalue weighted by atomic mass is 9.85. The van der Waals surface area contributed by atoms with Gasteiger partial charge in [0.05, 0.1) is 18.9 Å². The number of ether oxygens (including phenoxy) is 1. The Morgan fingerprint density at radius 3 is 2.76 bits per heavy atom. The minimum absolute atomic E-state index is 0.0323. The van der Waals surface area contributed by atoms with Crippen LogP contribution in [0.2, 0.25) is 0 Å². The van der Waals surface area contributed by atoms with E-state index >= 15 is 0 Å². The zero-order valence-electron chi connectivity index (χ0n) is 18.0. The van der Waals surface area contributed by atoms with Gasteiger partial charge in [-0.1, -0.05) is 11.2 Å². The summed E-state index contributed by atoms with van der Waals surface area (Å²) in [6.45, 7) is 0.770. The first-order valence-electron chi connectivity index (χ1n) is 10.3. The van der Waals surface area contributed by atoms with Gasteiger partial charge in [0.15, 0.2) is 11.5 Å². The van der Waals surface area contributed by atoms with Gasteiger partial charge in [0.1, 0.15) is 17.4 Å². The van der Waals surface area contributed by atoms with Crippen LogP contribution in [0.3, 0.4) is 0 Å². The molecule has 33 heavy (non-hydrogen) atoms. The first kappa shape index (κ1) is 20.9. The minimum Gasteiger partial charge on any atom is -0.497 e. The maximum atomic E-state index is 14.1. The molecule has 0 spiro atoms. The van der Waals surface area contributed by atoms with Gasteiger partial charge in [0.2, 0.25) is 0 Å². The third kappa shape index (κ3) is 3.86. The van der Waals surface area contributed by atoms with Crippen LogP contribution in [0.1, 0.15) is 33.1 Å². The fraction of sp³-hybridized carbons (Fsp3) is 0.208. The van der Waals surface area contributed by atoms with Gasteiger partial charge in [0.25, 0.3) is 5.91 Å². The number of nitrogens with zero attached hydrogens (tertiary/aromatic N) is 4. The Morgan fingerprint density at radius 1 is 1.18 bits per heavy atom. The zero-order chi connectivity index (χ0) is 23.1. The summed E-state index contributed by atoms with van der Waals surface area (Å²) in [5.74, 6) is -1.17. The number of methoxy groups -OCH3 is 1. The molecule has 1 aliphatic heterocycles. The molecule has 0 saturated carbocycles. The highest BCUT2D eigenvalue weighted by Crippen LogP contribution is 2.36. The summed E-state index contributed by atoms with van der Waals surface area (Å²) >= 11 is 0. The molecule has 0 bridgehead atoms. The summed E-state index contributed by atoms with van der Waals surface area (Å²) < 4.78 is 39.7. The lowest BCUT2D eigenvalue weighted by Crippen LogP contribution is -2.38. The number of carbonyl (C=O) groups is 1. The molecule has 2 aromatic heterocycles. The molecule has 4 aromatic rings. The van der Waals surface area contributed by atoms with Crippen molar-refractivity contribution >= 4 is 5.91 Å². The first-order valence-corrected chi connectivity index (χ1v) is 10.3. The number of rotatable bonds is 4. The quantitative estimate of drug-likeness (QED) is 0.467. The van der Waals surface area contributed by atoms with Crippen LogP contribution < -0.4 is 4.74 Å². The standard InChI is InChI=1S/C24H20F2N4O3/c1-29-11-15(10-27-29)20-13-30(12-14-7-17(32-2)4-6-18(14)20)24(31)22-9-23(33-28-22)19-5-3-16(25)8-21(19)26/h3-11,20H,12-13H2,1-2H3. The molecule has 5 rings (SSSR count). The van der Waals surface area contributed by atoms with Crippen molar-refractivity contribution in [1.29, 1.82) is 0 Å². The maximum Gasteiger partial charge on any atom is 0.276 e. The van der Waals surface area contributed by atoms with Crippen LogP contribution >= 0.6 is 0 Å². The van der Waals surface area contributed by atoms with Crippen LogP contribution in [0.15, 0.2) is 59.4 Å². The van der Waals surface area contributed by atoms with Gasteiger partial charge in [-0.05, 0) is 41.0 Å². The Kier molecular flexibility index (Phi) is 5.16. The summed E-state index contributed by atoms with van der Waals surface area (Å²) in [5.41, 5.74) is 3.11. The van der Waals surface area contributed by atoms with Crippen molar-refractivity contribution < 1.29 is 22.8 Å². The van der Waals surface area contributed by atoms with Crippen LogP contribution in [0.5, 0.6) is 5.75 Å². The number of hydrogen-bond acceptors (Lipinski definition) is 5. The van der Waals surface area contributed by atoms with Crippen molar-refractivity contribution in [2.45, 2.75) is 12.5 Å². The van der Waals surface area contributed by atoms with E-state index in [4.69, 9.17) is 9.26 Å². The summed E-state index contributed by atoms with van der Waals surface area (Å²) in [7, 11) is 3.44. The fourth-order valence-electron chi connectivity index (χ4n) is 4.19. The van der Waals surface area contributed by atoms with E-state index in [1.54, 1.807) is 22.9 Å². The van der Waals surface area contributed by atoms with Gasteiger partial charge in [-0.15, -0.1) is 0 Å². The summed E-state index contributed by atoms with van der Waals surface area (Å²) in [4.78, 5) is 15.0. The second-order valence-corrected chi connectivity index (χ2v) is 7.95. The zero-order valence-corrected chi connectivity index (χ0v) is 18.0. The number of fused-ring (bicyclic) bond motifs is 1. The predicted molar refractivity (Wildman–Crippen MR) is 115 cm³/mol. The van der Waals surface area contributed by atoms with Gasteiger partial charge in [-0.2, -0.15) is 5.10 Å². The monoisotopic (exact) mass is 450 g/mol. The lowest BCUT2D eigenvalue weighted by molar-refractivity contribution is 0.0714. The van der Waals surface area contributed by atoms with Crippen molar-refractivity contribution in [3.63, 3.8) is 0 Å². The topological polar surface area (TPSA) is 73.4 Å². The second kappa shape index (κ2) is 8.16. The maximum absolute atomic E-state index is 14.1. The minimum atomic E-state index is -0.791. The van der Waals surface area contributed by atoms with Gasteiger partial charge >= 0.3 is 0 Å². The average Bonchev–Trinajstić information content (AvgIpc) is 3.47. The lowest BCUT2D eigenvalue weighted by Gasteiger charge is -2.34. The Bertz CT molecular complexity index is 1350. The number of amides is 1. The molecule has 1 amide bonds. The largest absolute Gasteiger partial charge is 0.497 e. The molecule has 9 heteroatoms. The van der Waals surface area contributed by atoms with Crippen molar-refractivity contribution in [3.8, 4) is 17.1 Å². The number of hydrogen-bond donors (Lipinski definition) is 0. The van der Waals surface area contributed by atoms with E-state index in [1.807, 2.05) is 31.4 Å². The van der Waals surface area contributed by atoms with Crippen LogP contribution in [0.25, 0.3) is 11.3 Å². The Morgan fingerprint density at radius 2 is 2.03 bits per heavy atom. The first-order chi connectivity index (χ1) is 15.9. The van der Waals surface area contributed by atoms with Gasteiger partial charge in [0, 0.05) is 44.4 Å². The van der Waals surface area contributed by atoms with Gasteiger partial charge in [-0.3, -0.25) is 9.48 Å². The van der Waals surface area contributed by atoms with Crippen LogP contribution in [0.4, 0.5) is 8.78 Å². The summed E-state index contributed by atoms with van der Waals surface area (Å²) in [5, 5.41) is 8.13. The fourth-order valence-corrected chi connectivity index (χ4v) is 4.19. The van der Waals surface area contributed by atoms with Crippen molar-refractivity contribution in [1.82, 2.24) is 19.8 Å². The summed E-state index contributed by atoms with van der Waals surface area (Å²) in [6.07, 6.45) is 3.72. The van der Waals surface area contributed by atoms with Crippen LogP contribution in [-0.4, -0.2) is 39.4 Å². The molecule has 0 aliphatic carbocycles. The highest BCUT2D eigenvalue weighted by molar-refractivity contribution is 5.93. The van der Waals surface area contributed by atoms with E-state index in [0.29, 0.717) is 18.8 Å². The Balaban J connectivity index is 1.47. The van der Waals surface area contributed by atoms with Crippen molar-refractivity contribution in [3.05, 3.63) is 88.9 Å². The Hall–Kier alpha value is -4.01. The molecular formula is C24H20F2N4O3. The van der Waals surface area contributed by atoms with E-state index < -0.39 is 11.6 Å². The van der Waals surface area contributed by atoms with E-state index in [0.717, 1.165) is 28.8 Å². The molecule has 1 unspecified atom stereocenters. The second-order valence-electron chi connectivity index (χ2n) is 7.95. The highest BCUT2D eigenvalue weighted by Gasteiger charge is 2.32. The highest BCUT2D eigenvalue weighted by atomic mass is 19.1. The number of aryl methyl sites for hydroxylation is 1. The van der Waals surface area contributed by atoms with Gasteiger partial charge < -0.3 is 14.2 Å². The number of aromatic nitrogens is 3. The molecule has 2 aromatic carbocycles. The van der Waals surface area contributed by atoms with Gasteiger partial charge in [-0.25, -0.2) is 8.78 Å². The predicted octanol–water partition coefficient (Wildman–Crippen LogP) is 4.15. The number of carbonyl (C=O) groups excluding carboxylic acids is 1. The molecule has 0 fully saturated rings. The molecule has 7 nitrogen and oxygen atoms in total. The third-order valence-corrected chi connectivity index (χ3v) is 5.83. The molecular weight excluding hydrogens is 430 g/mol. The molecule has 1 atom stereocenters. The van der Waals surface area contributed by atoms with E-state index in [2.05, 4.69) is 10.3 Å². The number of benzene rings is 2. The van der Waals surface area contributed by atoms with E-state index in [-0.39, 0.29) is 28.8 Å². The normalized spacial score (nSPS) is 15.4. The molecule has 0 radical (unpaired) electrons. The Labute approximate surface area is 188 Å². The van der Waals surface area contributed by atoms with Crippen molar-refractivity contribution in [2.75, 3.05) is 13.7 Å². The molecule has 0 saturated heterocycles. The third-order valence-electron chi connectivity index (χ3n) is 5.83. The molecule has 0 N–H and O–H groups in total.